The second kappa shape index (κ2) is 4.15. The van der Waals surface area contributed by atoms with Crippen LogP contribution < -0.4 is 5.32 Å². The standard InChI is InChI=1S/C5H8BrN5O/c1-11-4(8-9-10-11)3-7-5(12)2-6/h2-3H2,1H3,(H,7,12). The molecule has 0 fully saturated rings. The lowest BCUT2D eigenvalue weighted by Crippen LogP contribution is -2.25. The Labute approximate surface area is 77.5 Å². The summed E-state index contributed by atoms with van der Waals surface area (Å²) >= 11 is 3.03. The average molecular weight is 234 g/mol. The number of halogens is 1. The third-order valence-corrected chi connectivity index (χ3v) is 1.78. The lowest BCUT2D eigenvalue weighted by molar-refractivity contribution is -0.118. The van der Waals surface area contributed by atoms with Crippen LogP contribution in [0.3, 0.4) is 0 Å². The molecule has 0 aromatic carbocycles. The van der Waals surface area contributed by atoms with Crippen LogP contribution in [0.25, 0.3) is 0 Å². The summed E-state index contributed by atoms with van der Waals surface area (Å²) in [5, 5.41) is 13.6. The number of nitrogens with one attached hydrogen (secondary N) is 1. The van der Waals surface area contributed by atoms with Gasteiger partial charge in [0.2, 0.25) is 5.91 Å². The molecule has 0 radical (unpaired) electrons. The first kappa shape index (κ1) is 9.11. The Morgan fingerprint density at radius 3 is 3.00 bits per heavy atom. The van der Waals surface area contributed by atoms with E-state index in [0.29, 0.717) is 12.4 Å². The van der Waals surface area contributed by atoms with Crippen molar-refractivity contribution >= 4 is 21.8 Å². The van der Waals surface area contributed by atoms with Crippen molar-refractivity contribution in [1.29, 1.82) is 0 Å². The highest BCUT2D eigenvalue weighted by atomic mass is 79.9. The predicted molar refractivity (Wildman–Crippen MR) is 44.4 cm³/mol. The first-order valence-corrected chi connectivity index (χ1v) is 4.40. The van der Waals surface area contributed by atoms with Crippen molar-refractivity contribution in [2.24, 2.45) is 7.05 Å². The predicted octanol–water partition coefficient (Wildman–Crippen LogP) is -0.779. The molecule has 66 valence electrons. The highest BCUT2D eigenvalue weighted by Crippen LogP contribution is 1.87. The molecule has 1 amide bonds. The molecular formula is C5H8BrN5O. The van der Waals surface area contributed by atoms with Crippen LogP contribution in [0.2, 0.25) is 0 Å². The molecule has 0 bridgehead atoms. The van der Waals surface area contributed by atoms with Gasteiger partial charge in [0.1, 0.15) is 0 Å². The van der Waals surface area contributed by atoms with Crippen molar-refractivity contribution < 1.29 is 4.79 Å². The van der Waals surface area contributed by atoms with Gasteiger partial charge in [-0.25, -0.2) is 4.68 Å². The number of aromatic nitrogens is 4. The van der Waals surface area contributed by atoms with Crippen molar-refractivity contribution in [1.82, 2.24) is 25.5 Å². The van der Waals surface area contributed by atoms with Gasteiger partial charge in [0.25, 0.3) is 0 Å². The monoisotopic (exact) mass is 233 g/mol. The Kier molecular flexibility index (Phi) is 3.15. The molecule has 7 heteroatoms. The second-order valence-corrected chi connectivity index (χ2v) is 2.69. The molecule has 12 heavy (non-hydrogen) atoms. The van der Waals surface area contributed by atoms with Crippen LogP contribution in [0.5, 0.6) is 0 Å². The summed E-state index contributed by atoms with van der Waals surface area (Å²) in [5.74, 6) is 0.544. The summed E-state index contributed by atoms with van der Waals surface area (Å²) in [6.07, 6.45) is 0. The van der Waals surface area contributed by atoms with E-state index in [0.717, 1.165) is 0 Å². The number of hydrogen-bond acceptors (Lipinski definition) is 4. The summed E-state index contributed by atoms with van der Waals surface area (Å²) in [5.41, 5.74) is 0. The molecule has 0 saturated carbocycles. The maximum absolute atomic E-state index is 10.8. The number of tetrazole rings is 1. The van der Waals surface area contributed by atoms with E-state index in [9.17, 15) is 4.79 Å². The number of hydrogen-bond donors (Lipinski definition) is 1. The molecule has 0 atom stereocenters. The molecule has 0 aliphatic rings. The molecule has 1 N–H and O–H groups in total. The minimum atomic E-state index is -0.0852. The number of carbonyl (C=O) groups is 1. The lowest BCUT2D eigenvalue weighted by atomic mass is 10.5. The molecule has 0 aliphatic heterocycles. The van der Waals surface area contributed by atoms with Gasteiger partial charge in [-0.3, -0.25) is 4.79 Å². The van der Waals surface area contributed by atoms with E-state index < -0.39 is 0 Å². The van der Waals surface area contributed by atoms with E-state index in [2.05, 4.69) is 36.8 Å². The molecule has 0 spiro atoms. The first-order chi connectivity index (χ1) is 5.74. The van der Waals surface area contributed by atoms with Gasteiger partial charge < -0.3 is 5.32 Å². The summed E-state index contributed by atoms with van der Waals surface area (Å²) in [4.78, 5) is 10.8. The van der Waals surface area contributed by atoms with Crippen LogP contribution >= 0.6 is 15.9 Å². The fourth-order valence-corrected chi connectivity index (χ4v) is 0.821. The van der Waals surface area contributed by atoms with Crippen LogP contribution in [-0.2, 0) is 18.4 Å². The van der Waals surface area contributed by atoms with Crippen molar-refractivity contribution in [2.45, 2.75) is 6.54 Å². The quantitative estimate of drug-likeness (QED) is 0.696. The van der Waals surface area contributed by atoms with Gasteiger partial charge in [-0.1, -0.05) is 15.9 Å². The Balaban J connectivity index is 2.43. The maximum Gasteiger partial charge on any atom is 0.231 e. The van der Waals surface area contributed by atoms with Gasteiger partial charge in [0.15, 0.2) is 5.82 Å². The highest BCUT2D eigenvalue weighted by Gasteiger charge is 2.03. The summed E-state index contributed by atoms with van der Waals surface area (Å²) in [7, 11) is 1.72. The van der Waals surface area contributed by atoms with Crippen LogP contribution in [0.15, 0.2) is 0 Å². The molecule has 1 heterocycles. The average Bonchev–Trinajstić information content (AvgIpc) is 2.47. The molecule has 1 aromatic rings. The topological polar surface area (TPSA) is 72.7 Å². The third kappa shape index (κ3) is 2.26. The zero-order valence-electron chi connectivity index (χ0n) is 6.49. The number of amides is 1. The van der Waals surface area contributed by atoms with Gasteiger partial charge in [0.05, 0.1) is 11.9 Å². The lowest BCUT2D eigenvalue weighted by Gasteiger charge is -1.99. The minimum Gasteiger partial charge on any atom is -0.348 e. The third-order valence-electron chi connectivity index (χ3n) is 1.27. The molecule has 0 saturated heterocycles. The molecule has 0 unspecified atom stereocenters. The van der Waals surface area contributed by atoms with E-state index in [4.69, 9.17) is 0 Å². The second-order valence-electron chi connectivity index (χ2n) is 2.13. The Morgan fingerprint density at radius 2 is 2.50 bits per heavy atom. The van der Waals surface area contributed by atoms with Crippen molar-refractivity contribution in [2.75, 3.05) is 5.33 Å². The van der Waals surface area contributed by atoms with E-state index in [-0.39, 0.29) is 11.2 Å². The first-order valence-electron chi connectivity index (χ1n) is 3.28. The number of rotatable bonds is 3. The number of alkyl halides is 1. The molecule has 0 aliphatic carbocycles. The molecular weight excluding hydrogens is 226 g/mol. The fourth-order valence-electron chi connectivity index (χ4n) is 0.623. The van der Waals surface area contributed by atoms with Crippen LogP contribution in [0.1, 0.15) is 5.82 Å². The number of carbonyl (C=O) groups excluding carboxylic acids is 1. The largest absolute Gasteiger partial charge is 0.348 e. The van der Waals surface area contributed by atoms with Gasteiger partial charge >= 0.3 is 0 Å². The Hall–Kier alpha value is -0.980. The zero-order valence-corrected chi connectivity index (χ0v) is 8.08. The van der Waals surface area contributed by atoms with E-state index >= 15 is 0 Å². The maximum atomic E-state index is 10.8. The van der Waals surface area contributed by atoms with Gasteiger partial charge in [-0.15, -0.1) is 5.10 Å². The van der Waals surface area contributed by atoms with Crippen molar-refractivity contribution in [3.8, 4) is 0 Å². The highest BCUT2D eigenvalue weighted by molar-refractivity contribution is 9.09. The summed E-state index contributed by atoms with van der Waals surface area (Å²) in [6.45, 7) is 0.355. The summed E-state index contributed by atoms with van der Waals surface area (Å²) < 4.78 is 1.51. The van der Waals surface area contributed by atoms with Crippen molar-refractivity contribution in [3.05, 3.63) is 5.82 Å². The van der Waals surface area contributed by atoms with E-state index in [1.807, 2.05) is 0 Å². The Bertz CT molecular complexity index is 273. The van der Waals surface area contributed by atoms with Crippen LogP contribution in [-0.4, -0.2) is 31.4 Å². The van der Waals surface area contributed by atoms with E-state index in [1.165, 1.54) is 4.68 Å². The molecule has 1 rings (SSSR count). The smallest absolute Gasteiger partial charge is 0.231 e. The van der Waals surface area contributed by atoms with Crippen molar-refractivity contribution in [3.63, 3.8) is 0 Å². The van der Waals surface area contributed by atoms with Gasteiger partial charge in [0, 0.05) is 7.05 Å². The zero-order chi connectivity index (χ0) is 8.97. The normalized spacial score (nSPS) is 9.83. The van der Waals surface area contributed by atoms with Crippen LogP contribution in [0, 0.1) is 0 Å². The SMILES string of the molecule is Cn1nnnc1CNC(=O)CBr. The number of nitrogens with zero attached hydrogens (tertiary/aromatic N) is 4. The van der Waals surface area contributed by atoms with Gasteiger partial charge in [-0.05, 0) is 10.4 Å². The molecule has 6 nitrogen and oxygen atoms in total. The summed E-state index contributed by atoms with van der Waals surface area (Å²) in [6, 6.07) is 0. The fraction of sp³-hybridized carbons (Fsp3) is 0.600. The Morgan fingerprint density at radius 1 is 1.75 bits per heavy atom. The van der Waals surface area contributed by atoms with E-state index in [1.54, 1.807) is 7.05 Å². The van der Waals surface area contributed by atoms with Crippen LogP contribution in [0.4, 0.5) is 0 Å². The van der Waals surface area contributed by atoms with Gasteiger partial charge in [-0.2, -0.15) is 0 Å². The molecule has 1 aromatic heterocycles. The number of aryl methyl sites for hydroxylation is 1. The minimum absolute atomic E-state index is 0.0852.